The van der Waals surface area contributed by atoms with Crippen LogP contribution in [0.25, 0.3) is 0 Å². The largest absolute Gasteiger partial charge is 0.357 e. The van der Waals surface area contributed by atoms with Crippen molar-refractivity contribution in [1.82, 2.24) is 4.90 Å². The van der Waals surface area contributed by atoms with Crippen LogP contribution >= 0.6 is 0 Å². The zero-order chi connectivity index (χ0) is 7.97. The molecule has 1 unspecified atom stereocenters. The van der Waals surface area contributed by atoms with Gasteiger partial charge in [0, 0.05) is 25.3 Å². The first-order valence-electron chi connectivity index (χ1n) is 4.49. The SMILES string of the molecule is c1ccc2c(c1)CN1CCN2C1. The fraction of sp³-hybridized carbons (Fsp3) is 0.400. The molecule has 0 aromatic heterocycles. The summed E-state index contributed by atoms with van der Waals surface area (Å²) in [6.07, 6.45) is 0. The summed E-state index contributed by atoms with van der Waals surface area (Å²) < 4.78 is 0. The fourth-order valence-corrected chi connectivity index (χ4v) is 2.16. The highest BCUT2D eigenvalue weighted by atomic mass is 15.4. The molecule has 2 nitrogen and oxygen atoms in total. The fourth-order valence-electron chi connectivity index (χ4n) is 2.16. The number of anilines is 1. The maximum Gasteiger partial charge on any atom is 0.0711 e. The molecule has 2 bridgehead atoms. The van der Waals surface area contributed by atoms with Crippen LogP contribution in [0.2, 0.25) is 0 Å². The summed E-state index contributed by atoms with van der Waals surface area (Å²) in [5.41, 5.74) is 2.94. The Balaban J connectivity index is 2.13. The molecular formula is C10H12N2. The van der Waals surface area contributed by atoms with Gasteiger partial charge in [0.1, 0.15) is 0 Å². The van der Waals surface area contributed by atoms with Gasteiger partial charge in [0.15, 0.2) is 0 Å². The van der Waals surface area contributed by atoms with Gasteiger partial charge in [-0.15, -0.1) is 0 Å². The van der Waals surface area contributed by atoms with E-state index in [0.717, 1.165) is 13.2 Å². The van der Waals surface area contributed by atoms with E-state index >= 15 is 0 Å². The third kappa shape index (κ3) is 0.786. The van der Waals surface area contributed by atoms with Crippen LogP contribution in [0.4, 0.5) is 5.69 Å². The first-order valence-corrected chi connectivity index (χ1v) is 4.49. The second-order valence-corrected chi connectivity index (χ2v) is 3.59. The normalized spacial score (nSPS) is 25.7. The molecule has 1 aromatic rings. The van der Waals surface area contributed by atoms with Crippen molar-refractivity contribution in [1.29, 1.82) is 0 Å². The van der Waals surface area contributed by atoms with E-state index in [1.165, 1.54) is 24.3 Å². The molecule has 0 spiro atoms. The number of rotatable bonds is 0. The van der Waals surface area contributed by atoms with E-state index in [0.29, 0.717) is 0 Å². The molecule has 2 aliphatic rings. The summed E-state index contributed by atoms with van der Waals surface area (Å²) in [6.45, 7) is 4.72. The Morgan fingerprint density at radius 1 is 1.08 bits per heavy atom. The predicted octanol–water partition coefficient (Wildman–Crippen LogP) is 1.28. The molecule has 1 fully saturated rings. The summed E-state index contributed by atoms with van der Waals surface area (Å²) in [6, 6.07) is 8.73. The van der Waals surface area contributed by atoms with Crippen LogP contribution in [0.3, 0.4) is 0 Å². The van der Waals surface area contributed by atoms with Crippen LogP contribution in [0.1, 0.15) is 5.56 Å². The second kappa shape index (κ2) is 2.23. The van der Waals surface area contributed by atoms with Crippen LogP contribution in [0.5, 0.6) is 0 Å². The first kappa shape index (κ1) is 6.49. The van der Waals surface area contributed by atoms with E-state index in [9.17, 15) is 0 Å². The van der Waals surface area contributed by atoms with Crippen molar-refractivity contribution >= 4 is 5.69 Å². The zero-order valence-corrected chi connectivity index (χ0v) is 7.03. The van der Waals surface area contributed by atoms with Crippen molar-refractivity contribution in [3.05, 3.63) is 29.8 Å². The maximum absolute atomic E-state index is 2.49. The van der Waals surface area contributed by atoms with Crippen molar-refractivity contribution in [3.8, 4) is 0 Å². The molecular weight excluding hydrogens is 148 g/mol. The van der Waals surface area contributed by atoms with Gasteiger partial charge in [-0.1, -0.05) is 18.2 Å². The minimum Gasteiger partial charge on any atom is -0.357 e. The lowest BCUT2D eigenvalue weighted by Crippen LogP contribution is -2.30. The van der Waals surface area contributed by atoms with Gasteiger partial charge in [-0.2, -0.15) is 0 Å². The topological polar surface area (TPSA) is 6.48 Å². The third-order valence-corrected chi connectivity index (χ3v) is 2.78. The number of hydrogen-bond acceptors (Lipinski definition) is 2. The van der Waals surface area contributed by atoms with Crippen LogP contribution < -0.4 is 4.90 Å². The minimum atomic E-state index is 1.14. The lowest BCUT2D eigenvalue weighted by atomic mass is 10.1. The molecule has 0 N–H and O–H groups in total. The lowest BCUT2D eigenvalue weighted by Gasteiger charge is -2.28. The molecule has 0 amide bonds. The average molecular weight is 160 g/mol. The minimum absolute atomic E-state index is 1.14. The van der Waals surface area contributed by atoms with Gasteiger partial charge >= 0.3 is 0 Å². The van der Waals surface area contributed by atoms with E-state index in [1.54, 1.807) is 0 Å². The van der Waals surface area contributed by atoms with Gasteiger partial charge in [0.25, 0.3) is 0 Å². The Morgan fingerprint density at radius 3 is 3.00 bits per heavy atom. The van der Waals surface area contributed by atoms with Crippen molar-refractivity contribution in [2.75, 3.05) is 24.7 Å². The number of nitrogens with zero attached hydrogens (tertiary/aromatic N) is 2. The Kier molecular flexibility index (Phi) is 1.21. The first-order chi connectivity index (χ1) is 5.93. The number of fused-ring (bicyclic) bond motifs is 4. The Labute approximate surface area is 72.4 Å². The van der Waals surface area contributed by atoms with Gasteiger partial charge in [-0.3, -0.25) is 4.90 Å². The van der Waals surface area contributed by atoms with Crippen molar-refractivity contribution in [2.24, 2.45) is 0 Å². The van der Waals surface area contributed by atoms with E-state index in [-0.39, 0.29) is 0 Å². The molecule has 2 heterocycles. The van der Waals surface area contributed by atoms with E-state index in [2.05, 4.69) is 34.1 Å². The van der Waals surface area contributed by atoms with E-state index in [1.807, 2.05) is 0 Å². The third-order valence-electron chi connectivity index (χ3n) is 2.78. The van der Waals surface area contributed by atoms with Crippen LogP contribution in [-0.4, -0.2) is 24.7 Å². The van der Waals surface area contributed by atoms with Crippen molar-refractivity contribution in [3.63, 3.8) is 0 Å². The van der Waals surface area contributed by atoms with Crippen LogP contribution in [-0.2, 0) is 6.54 Å². The van der Waals surface area contributed by atoms with E-state index in [4.69, 9.17) is 0 Å². The van der Waals surface area contributed by atoms with Crippen LogP contribution in [0.15, 0.2) is 24.3 Å². The summed E-state index contributed by atoms with van der Waals surface area (Å²) in [7, 11) is 0. The molecule has 0 aliphatic carbocycles. The smallest absolute Gasteiger partial charge is 0.0711 e. The number of para-hydroxylation sites is 1. The monoisotopic (exact) mass is 160 g/mol. The second-order valence-electron chi connectivity index (χ2n) is 3.59. The van der Waals surface area contributed by atoms with Crippen molar-refractivity contribution in [2.45, 2.75) is 6.54 Å². The summed E-state index contributed by atoms with van der Waals surface area (Å²) in [5, 5.41) is 0. The van der Waals surface area contributed by atoms with Gasteiger partial charge in [0.05, 0.1) is 6.67 Å². The van der Waals surface area contributed by atoms with Gasteiger partial charge < -0.3 is 4.90 Å². The lowest BCUT2D eigenvalue weighted by molar-refractivity contribution is 0.326. The van der Waals surface area contributed by atoms with Gasteiger partial charge in [-0.05, 0) is 11.6 Å². The Morgan fingerprint density at radius 2 is 2.00 bits per heavy atom. The molecule has 1 atom stereocenters. The quantitative estimate of drug-likeness (QED) is 0.564. The van der Waals surface area contributed by atoms with Crippen LogP contribution in [0, 0.1) is 0 Å². The number of benzene rings is 1. The average Bonchev–Trinajstić information content (AvgIpc) is 2.49. The molecule has 1 saturated heterocycles. The maximum atomic E-state index is 2.49. The van der Waals surface area contributed by atoms with Crippen molar-refractivity contribution < 1.29 is 0 Å². The zero-order valence-electron chi connectivity index (χ0n) is 7.03. The molecule has 2 heteroatoms. The number of hydrogen-bond donors (Lipinski definition) is 0. The molecule has 2 aliphatic heterocycles. The molecule has 62 valence electrons. The Bertz CT molecular complexity index is 308. The molecule has 1 aromatic carbocycles. The molecule has 0 saturated carbocycles. The highest BCUT2D eigenvalue weighted by Crippen LogP contribution is 2.29. The van der Waals surface area contributed by atoms with Gasteiger partial charge in [-0.25, -0.2) is 0 Å². The summed E-state index contributed by atoms with van der Waals surface area (Å²) in [5.74, 6) is 0. The predicted molar refractivity (Wildman–Crippen MR) is 49.1 cm³/mol. The molecule has 0 radical (unpaired) electrons. The summed E-state index contributed by atoms with van der Waals surface area (Å²) >= 11 is 0. The van der Waals surface area contributed by atoms with Gasteiger partial charge in [0.2, 0.25) is 0 Å². The van der Waals surface area contributed by atoms with E-state index < -0.39 is 0 Å². The Hall–Kier alpha value is -1.02. The highest BCUT2D eigenvalue weighted by Gasteiger charge is 2.26. The molecule has 3 rings (SSSR count). The standard InChI is InChI=1S/C10H12N2/c1-2-4-10-9(3-1)7-11-5-6-12(10)8-11/h1-4H,5-8H2. The molecule has 12 heavy (non-hydrogen) atoms. The summed E-state index contributed by atoms with van der Waals surface area (Å²) in [4.78, 5) is 4.95. The highest BCUT2D eigenvalue weighted by molar-refractivity contribution is 5.56.